The average Bonchev–Trinajstić information content (AvgIpc) is 3.46. The van der Waals surface area contributed by atoms with E-state index in [4.69, 9.17) is 4.74 Å². The normalized spacial score (nSPS) is 20.0. The van der Waals surface area contributed by atoms with Crippen molar-refractivity contribution in [3.05, 3.63) is 87.9 Å². The van der Waals surface area contributed by atoms with E-state index < -0.39 is 0 Å². The fourth-order valence-electron chi connectivity index (χ4n) is 6.49. The summed E-state index contributed by atoms with van der Waals surface area (Å²) in [5.74, 6) is 0.0693. The van der Waals surface area contributed by atoms with Crippen LogP contribution in [0.5, 0.6) is 0 Å². The van der Waals surface area contributed by atoms with Gasteiger partial charge in [-0.3, -0.25) is 9.48 Å². The molecule has 218 valence electrons. The lowest BCUT2D eigenvalue weighted by Crippen LogP contribution is -2.43. The zero-order chi connectivity index (χ0) is 29.4. The number of aryl methyl sites for hydroxylation is 1. The molecule has 42 heavy (non-hydrogen) atoms. The number of benzene rings is 2. The molecule has 1 aliphatic heterocycles. The molecule has 0 bridgehead atoms. The summed E-state index contributed by atoms with van der Waals surface area (Å²) in [6.07, 6.45) is 10.2. The predicted octanol–water partition coefficient (Wildman–Crippen LogP) is 6.89. The van der Waals surface area contributed by atoms with E-state index in [1.807, 2.05) is 55.8 Å². The first-order valence-corrected chi connectivity index (χ1v) is 15.6. The largest absolute Gasteiger partial charge is 0.465 e. The summed E-state index contributed by atoms with van der Waals surface area (Å²) >= 11 is 3.81. The highest BCUT2D eigenvalue weighted by Crippen LogP contribution is 2.55. The Hall–Kier alpha value is -3.72. The molecule has 3 unspecified atom stereocenters. The molecule has 0 radical (unpaired) electrons. The highest BCUT2D eigenvalue weighted by molar-refractivity contribution is 9.10. The lowest BCUT2D eigenvalue weighted by atomic mass is 9.96. The number of aromatic nitrogens is 4. The predicted molar refractivity (Wildman–Crippen MR) is 165 cm³/mol. The Morgan fingerprint density at radius 3 is 2.67 bits per heavy atom. The minimum atomic E-state index is -0.349. The molecule has 3 atom stereocenters. The van der Waals surface area contributed by atoms with Crippen LogP contribution < -0.4 is 0 Å². The van der Waals surface area contributed by atoms with Crippen molar-refractivity contribution < 1.29 is 14.3 Å². The van der Waals surface area contributed by atoms with E-state index in [1.165, 1.54) is 13.5 Å². The molecule has 3 heterocycles. The first-order chi connectivity index (χ1) is 20.4. The van der Waals surface area contributed by atoms with Gasteiger partial charge in [-0.25, -0.2) is 4.79 Å². The topological polar surface area (TPSA) is 82.3 Å². The molecule has 2 aromatic heterocycles. The molecule has 2 aromatic carbocycles. The van der Waals surface area contributed by atoms with Crippen molar-refractivity contribution in [1.82, 2.24) is 24.5 Å². The number of amides is 1. The van der Waals surface area contributed by atoms with Gasteiger partial charge in [0.15, 0.2) is 0 Å². The van der Waals surface area contributed by atoms with Gasteiger partial charge in [0.05, 0.1) is 23.9 Å². The molecular weight excluding hydrogens is 594 g/mol. The first kappa shape index (κ1) is 28.4. The van der Waals surface area contributed by atoms with Crippen LogP contribution in [0.2, 0.25) is 0 Å². The van der Waals surface area contributed by atoms with Gasteiger partial charge in [0.2, 0.25) is 0 Å². The molecule has 4 aromatic rings. The summed E-state index contributed by atoms with van der Waals surface area (Å²) in [4.78, 5) is 28.6. The van der Waals surface area contributed by atoms with Crippen molar-refractivity contribution in [3.8, 4) is 16.8 Å². The van der Waals surface area contributed by atoms with Crippen LogP contribution in [0.4, 0.5) is 0 Å². The molecule has 9 heteroatoms. The van der Waals surface area contributed by atoms with Crippen LogP contribution in [0.25, 0.3) is 16.8 Å². The van der Waals surface area contributed by atoms with Crippen LogP contribution in [-0.4, -0.2) is 56.0 Å². The molecule has 1 aliphatic carbocycles. The second kappa shape index (κ2) is 11.9. The third kappa shape index (κ3) is 5.30. The minimum absolute atomic E-state index is 0.0947. The smallest absolute Gasteiger partial charge is 0.339 e. The summed E-state index contributed by atoms with van der Waals surface area (Å²) in [6, 6.07) is 16.3. The van der Waals surface area contributed by atoms with E-state index in [0.717, 1.165) is 71.3 Å². The van der Waals surface area contributed by atoms with Crippen LogP contribution in [0.1, 0.15) is 89.4 Å². The molecule has 2 fully saturated rings. The van der Waals surface area contributed by atoms with Gasteiger partial charge >= 0.3 is 5.97 Å². The molecule has 2 aliphatic rings. The summed E-state index contributed by atoms with van der Waals surface area (Å²) in [5.41, 5.74) is 5.99. The molecule has 8 nitrogen and oxygen atoms in total. The number of rotatable bonds is 8. The first-order valence-electron chi connectivity index (χ1n) is 14.8. The van der Waals surface area contributed by atoms with E-state index in [-0.39, 0.29) is 23.7 Å². The number of carbonyl (C=O) groups is 2. The number of hydrogen-bond donors (Lipinski definition) is 0. The third-order valence-corrected chi connectivity index (χ3v) is 9.50. The van der Waals surface area contributed by atoms with Crippen molar-refractivity contribution in [3.63, 3.8) is 0 Å². The number of nitrogens with zero attached hydrogens (tertiary/aromatic N) is 5. The Morgan fingerprint density at radius 1 is 1.07 bits per heavy atom. The summed E-state index contributed by atoms with van der Waals surface area (Å²) in [5, 5.41) is 8.42. The standard InChI is InChI=1S/C33H36BrN5O3/c1-4-9-22-11-5-6-16-39(22)32(40)25-14-8-13-24(30(25)34)21-10-7-12-23(18-21)38-17-15-26(33(41)42-3)31(38)28-19-27(28)29-20-37(2)36-35-29/h7-8,10,12-15,17-18,20,22,27-28H,4-6,9,11,16,19H2,1-3H3. The second-order valence-corrected chi connectivity index (χ2v) is 12.2. The Bertz CT molecular complexity index is 1620. The van der Waals surface area contributed by atoms with Crippen LogP contribution in [-0.2, 0) is 11.8 Å². The molecule has 0 N–H and O–H groups in total. The number of carbonyl (C=O) groups excluding carboxylic acids is 2. The highest BCUT2D eigenvalue weighted by Gasteiger charge is 2.45. The Morgan fingerprint density at radius 2 is 1.90 bits per heavy atom. The van der Waals surface area contributed by atoms with Crippen molar-refractivity contribution in [1.29, 1.82) is 0 Å². The van der Waals surface area contributed by atoms with Crippen LogP contribution in [0, 0.1) is 0 Å². The van der Waals surface area contributed by atoms with Crippen LogP contribution in [0.3, 0.4) is 0 Å². The van der Waals surface area contributed by atoms with E-state index >= 15 is 0 Å². The zero-order valence-corrected chi connectivity index (χ0v) is 25.9. The number of esters is 1. The molecule has 1 saturated heterocycles. The fourth-order valence-corrected chi connectivity index (χ4v) is 7.15. The highest BCUT2D eigenvalue weighted by atomic mass is 79.9. The van der Waals surface area contributed by atoms with Gasteiger partial charge in [0, 0.05) is 59.7 Å². The lowest BCUT2D eigenvalue weighted by Gasteiger charge is -2.36. The number of methoxy groups -OCH3 is 1. The summed E-state index contributed by atoms with van der Waals surface area (Å²) in [7, 11) is 3.27. The number of piperidine rings is 1. The molecule has 6 rings (SSSR count). The molecule has 1 saturated carbocycles. The van der Waals surface area contributed by atoms with Crippen LogP contribution >= 0.6 is 15.9 Å². The Labute approximate surface area is 254 Å². The number of hydrogen-bond acceptors (Lipinski definition) is 5. The van der Waals surface area contributed by atoms with Crippen molar-refractivity contribution in [2.24, 2.45) is 7.05 Å². The SMILES string of the molecule is CCCC1CCCCN1C(=O)c1cccc(-c2cccc(-n3ccc(C(=O)OC)c3C3CC3c3cn(C)nn3)c2)c1Br. The van der Waals surface area contributed by atoms with E-state index in [0.29, 0.717) is 17.2 Å². The van der Waals surface area contributed by atoms with Gasteiger partial charge in [-0.2, -0.15) is 0 Å². The molecule has 1 amide bonds. The van der Waals surface area contributed by atoms with Gasteiger partial charge in [-0.05, 0) is 83.4 Å². The second-order valence-electron chi connectivity index (χ2n) is 11.4. The minimum Gasteiger partial charge on any atom is -0.465 e. The third-order valence-electron chi connectivity index (χ3n) is 8.65. The fraction of sp³-hybridized carbons (Fsp3) is 0.394. The van der Waals surface area contributed by atoms with Crippen LogP contribution in [0.15, 0.2) is 65.4 Å². The zero-order valence-electron chi connectivity index (χ0n) is 24.3. The Balaban J connectivity index is 1.35. The van der Waals surface area contributed by atoms with Gasteiger partial charge in [0.1, 0.15) is 0 Å². The number of ether oxygens (including phenoxy) is 1. The van der Waals surface area contributed by atoms with Gasteiger partial charge < -0.3 is 14.2 Å². The van der Waals surface area contributed by atoms with E-state index in [1.54, 1.807) is 4.68 Å². The maximum absolute atomic E-state index is 13.8. The van der Waals surface area contributed by atoms with Gasteiger partial charge in [0.25, 0.3) is 5.91 Å². The van der Waals surface area contributed by atoms with E-state index in [2.05, 4.69) is 54.8 Å². The molecular formula is C33H36BrN5O3. The summed E-state index contributed by atoms with van der Waals surface area (Å²) < 4.78 is 9.74. The van der Waals surface area contributed by atoms with Crippen molar-refractivity contribution >= 4 is 27.8 Å². The Kier molecular flexibility index (Phi) is 8.03. The maximum Gasteiger partial charge on any atom is 0.339 e. The monoisotopic (exact) mass is 629 g/mol. The van der Waals surface area contributed by atoms with Crippen molar-refractivity contribution in [2.45, 2.75) is 63.3 Å². The maximum atomic E-state index is 13.8. The molecule has 0 spiro atoms. The number of likely N-dealkylation sites (tertiary alicyclic amines) is 1. The quantitative estimate of drug-likeness (QED) is 0.198. The van der Waals surface area contributed by atoms with Gasteiger partial charge in [-0.1, -0.05) is 42.8 Å². The van der Waals surface area contributed by atoms with E-state index in [9.17, 15) is 9.59 Å². The lowest BCUT2D eigenvalue weighted by molar-refractivity contribution is 0.0591. The summed E-state index contributed by atoms with van der Waals surface area (Å²) in [6.45, 7) is 3.00. The number of halogens is 1. The average molecular weight is 631 g/mol. The van der Waals surface area contributed by atoms with Crippen molar-refractivity contribution in [2.75, 3.05) is 13.7 Å². The van der Waals surface area contributed by atoms with Gasteiger partial charge in [-0.15, -0.1) is 5.10 Å².